The quantitative estimate of drug-likeness (QED) is 0.803. The van der Waals surface area contributed by atoms with E-state index in [4.69, 9.17) is 12.6 Å². The number of ether oxygens (including phenoxy) is 1. The summed E-state index contributed by atoms with van der Waals surface area (Å²) in [6, 6.07) is 3.18. The van der Waals surface area contributed by atoms with E-state index in [2.05, 4.69) is 10.3 Å². The monoisotopic (exact) mass is 272 g/mol. The molecule has 102 valence electrons. The molecule has 1 aromatic heterocycles. The Morgan fingerprint density at radius 2 is 2.10 bits per heavy atom. The summed E-state index contributed by atoms with van der Waals surface area (Å²) in [5.41, 5.74) is 0.00554. The van der Waals surface area contributed by atoms with E-state index in [1.807, 2.05) is 0 Å². The number of nitrogens with one attached hydrogen (secondary N) is 2. The number of halogens is 1. The molecule has 0 spiro atoms. The third-order valence-corrected chi connectivity index (χ3v) is 3.61. The number of H-pyrrole nitrogens is 1. The zero-order valence-corrected chi connectivity index (χ0v) is 10.9. The van der Waals surface area contributed by atoms with Crippen molar-refractivity contribution < 1.29 is 9.13 Å². The minimum Gasteiger partial charge on any atom is -0.381 e. The topological polar surface area (TPSA) is 54.1 Å². The van der Waals surface area contributed by atoms with Crippen LogP contribution in [0.1, 0.15) is 12.8 Å². The fourth-order valence-corrected chi connectivity index (χ4v) is 2.52. The number of pyridine rings is 1. The normalized spacial score (nSPS) is 16.4. The number of rotatable bonds is 2. The Bertz CT molecular complexity index is 695. The fourth-order valence-electron chi connectivity index (χ4n) is 2.52. The average Bonchev–Trinajstić information content (AvgIpc) is 2.46. The summed E-state index contributed by atoms with van der Waals surface area (Å²) in [5, 5.41) is 4.11. The number of fused-ring (bicyclic) bond motifs is 1. The Kier molecular flexibility index (Phi) is 3.48. The first kappa shape index (κ1) is 13.2. The maximum absolute atomic E-state index is 14.3. The van der Waals surface area contributed by atoms with E-state index < -0.39 is 5.82 Å². The predicted molar refractivity (Wildman–Crippen MR) is 77.4 cm³/mol. The van der Waals surface area contributed by atoms with Gasteiger partial charge in [-0.1, -0.05) is 11.5 Å². The summed E-state index contributed by atoms with van der Waals surface area (Å²) in [5.74, 6) is -0.505. The summed E-state index contributed by atoms with van der Waals surface area (Å²) in [7, 11) is 5.67. The van der Waals surface area contributed by atoms with E-state index in [-0.39, 0.29) is 17.1 Å². The Balaban J connectivity index is 2.10. The summed E-state index contributed by atoms with van der Waals surface area (Å²) < 4.78 is 19.6. The zero-order chi connectivity index (χ0) is 14.1. The molecule has 1 aliphatic heterocycles. The fraction of sp³-hybridized carbons (Fsp3) is 0.357. The molecule has 2 aromatic rings. The largest absolute Gasteiger partial charge is 0.381 e. The van der Waals surface area contributed by atoms with Crippen LogP contribution in [0.3, 0.4) is 0 Å². The lowest BCUT2D eigenvalue weighted by Crippen LogP contribution is -2.29. The van der Waals surface area contributed by atoms with E-state index in [9.17, 15) is 9.18 Å². The lowest BCUT2D eigenvalue weighted by atomic mass is 9.91. The molecule has 1 fully saturated rings. The van der Waals surface area contributed by atoms with Gasteiger partial charge < -0.3 is 15.0 Å². The van der Waals surface area contributed by atoms with Crippen molar-refractivity contribution in [2.45, 2.75) is 18.9 Å². The molecule has 2 heterocycles. The first-order valence-electron chi connectivity index (χ1n) is 6.60. The molecule has 3 rings (SSSR count). The van der Waals surface area contributed by atoms with E-state index in [1.54, 1.807) is 6.07 Å². The molecular weight excluding hydrogens is 258 g/mol. The van der Waals surface area contributed by atoms with Gasteiger partial charge >= 0.3 is 0 Å². The van der Waals surface area contributed by atoms with Gasteiger partial charge in [0.2, 0.25) is 0 Å². The average molecular weight is 272 g/mol. The first-order chi connectivity index (χ1) is 9.66. The van der Waals surface area contributed by atoms with Crippen molar-refractivity contribution in [2.75, 3.05) is 18.5 Å². The van der Waals surface area contributed by atoms with Crippen LogP contribution in [0, 0.1) is 5.82 Å². The molecule has 2 N–H and O–H groups in total. The van der Waals surface area contributed by atoms with Crippen LogP contribution in [0.5, 0.6) is 0 Å². The molecule has 6 heteroatoms. The van der Waals surface area contributed by atoms with E-state index >= 15 is 0 Å². The molecule has 1 aliphatic rings. The van der Waals surface area contributed by atoms with Crippen LogP contribution in [0.4, 0.5) is 10.1 Å². The highest BCUT2D eigenvalue weighted by Gasteiger charge is 2.18. The van der Waals surface area contributed by atoms with E-state index in [1.165, 1.54) is 12.3 Å². The molecule has 20 heavy (non-hydrogen) atoms. The summed E-state index contributed by atoms with van der Waals surface area (Å²) >= 11 is 0. The number of benzene rings is 1. The second-order valence-corrected chi connectivity index (χ2v) is 4.95. The SMILES string of the molecule is [B]c1cc2c(=O)[nH]ccc2c(NC2CCOCC2)c1F. The lowest BCUT2D eigenvalue weighted by Gasteiger charge is -2.25. The highest BCUT2D eigenvalue weighted by molar-refractivity contribution is 6.34. The number of aromatic nitrogens is 1. The van der Waals surface area contributed by atoms with E-state index in [0.717, 1.165) is 12.8 Å². The van der Waals surface area contributed by atoms with Crippen molar-refractivity contribution in [3.05, 3.63) is 34.5 Å². The van der Waals surface area contributed by atoms with Gasteiger partial charge in [-0.2, -0.15) is 0 Å². The maximum Gasteiger partial charge on any atom is 0.255 e. The molecule has 0 bridgehead atoms. The van der Waals surface area contributed by atoms with Crippen molar-refractivity contribution >= 4 is 29.8 Å². The Morgan fingerprint density at radius 1 is 1.35 bits per heavy atom. The van der Waals surface area contributed by atoms with Crippen LogP contribution in [0.25, 0.3) is 10.8 Å². The first-order valence-corrected chi connectivity index (χ1v) is 6.60. The van der Waals surface area contributed by atoms with Crippen molar-refractivity contribution in [1.82, 2.24) is 4.98 Å². The minimum absolute atomic E-state index is 0.0243. The molecule has 0 amide bonds. The predicted octanol–water partition coefficient (Wildman–Crippen LogP) is 1.05. The van der Waals surface area contributed by atoms with E-state index in [0.29, 0.717) is 29.7 Å². The van der Waals surface area contributed by atoms with Crippen molar-refractivity contribution in [2.24, 2.45) is 0 Å². The van der Waals surface area contributed by atoms with Crippen LogP contribution >= 0.6 is 0 Å². The standard InChI is InChI=1S/C14H14BFN2O2/c15-11-7-10-9(1-4-17-14(10)19)13(12(11)16)18-8-2-5-20-6-3-8/h1,4,7-8,18H,2-3,5-6H2,(H,17,19). The van der Waals surface area contributed by atoms with Gasteiger partial charge in [-0.25, -0.2) is 4.39 Å². The Morgan fingerprint density at radius 3 is 2.85 bits per heavy atom. The van der Waals surface area contributed by atoms with Crippen LogP contribution < -0.4 is 16.3 Å². The summed E-state index contributed by atoms with van der Waals surface area (Å²) in [4.78, 5) is 14.4. The summed E-state index contributed by atoms with van der Waals surface area (Å²) in [6.07, 6.45) is 3.12. The number of hydrogen-bond acceptors (Lipinski definition) is 3. The highest BCUT2D eigenvalue weighted by Crippen LogP contribution is 2.25. The second kappa shape index (κ2) is 5.29. The summed E-state index contributed by atoms with van der Waals surface area (Å²) in [6.45, 7) is 1.31. The molecule has 0 aliphatic carbocycles. The third kappa shape index (κ3) is 2.31. The van der Waals surface area contributed by atoms with Crippen LogP contribution in [-0.2, 0) is 4.74 Å². The van der Waals surface area contributed by atoms with Gasteiger partial charge in [-0.3, -0.25) is 4.79 Å². The van der Waals surface area contributed by atoms with Gasteiger partial charge in [-0.15, -0.1) is 0 Å². The molecule has 0 saturated carbocycles. The minimum atomic E-state index is -0.505. The van der Waals surface area contributed by atoms with Gasteiger partial charge in [0.25, 0.3) is 5.56 Å². The highest BCUT2D eigenvalue weighted by atomic mass is 19.1. The number of anilines is 1. The maximum atomic E-state index is 14.3. The molecule has 0 atom stereocenters. The zero-order valence-electron chi connectivity index (χ0n) is 10.9. The smallest absolute Gasteiger partial charge is 0.255 e. The molecule has 2 radical (unpaired) electrons. The van der Waals surface area contributed by atoms with Crippen molar-refractivity contribution in [3.8, 4) is 0 Å². The van der Waals surface area contributed by atoms with Gasteiger partial charge in [0.05, 0.1) is 5.69 Å². The van der Waals surface area contributed by atoms with Crippen molar-refractivity contribution in [1.29, 1.82) is 0 Å². The number of hydrogen-bond donors (Lipinski definition) is 2. The molecule has 4 nitrogen and oxygen atoms in total. The molecular formula is C14H14BFN2O2. The molecule has 0 unspecified atom stereocenters. The van der Waals surface area contributed by atoms with Crippen LogP contribution in [0.15, 0.2) is 23.1 Å². The molecule has 1 aromatic carbocycles. The molecule has 1 saturated heterocycles. The third-order valence-electron chi connectivity index (χ3n) is 3.61. The van der Waals surface area contributed by atoms with Crippen LogP contribution in [-0.4, -0.2) is 32.1 Å². The Labute approximate surface area is 116 Å². The number of aromatic amines is 1. The van der Waals surface area contributed by atoms with Gasteiger partial charge in [-0.05, 0) is 18.9 Å². The lowest BCUT2D eigenvalue weighted by molar-refractivity contribution is 0.0904. The van der Waals surface area contributed by atoms with Crippen LogP contribution in [0.2, 0.25) is 0 Å². The van der Waals surface area contributed by atoms with Gasteiger partial charge in [0.15, 0.2) is 0 Å². The second-order valence-electron chi connectivity index (χ2n) is 4.95. The van der Waals surface area contributed by atoms with Crippen molar-refractivity contribution in [3.63, 3.8) is 0 Å². The Hall–Kier alpha value is -1.82. The van der Waals surface area contributed by atoms with Gasteiger partial charge in [0, 0.05) is 36.2 Å². The van der Waals surface area contributed by atoms with Gasteiger partial charge in [0.1, 0.15) is 13.7 Å².